The second kappa shape index (κ2) is 10.2. The number of ether oxygens (including phenoxy) is 1. The van der Waals surface area contributed by atoms with E-state index in [1.165, 1.54) is 38.5 Å². The fourth-order valence-electron chi connectivity index (χ4n) is 5.91. The lowest BCUT2D eigenvalue weighted by molar-refractivity contribution is -0.182. The molecular formula is C26H37F2NO3. The van der Waals surface area contributed by atoms with Crippen LogP contribution in [0.5, 0.6) is 0 Å². The summed E-state index contributed by atoms with van der Waals surface area (Å²) in [6.07, 6.45) is 7.89. The van der Waals surface area contributed by atoms with Crippen LogP contribution in [-0.2, 0) is 15.1 Å². The summed E-state index contributed by atoms with van der Waals surface area (Å²) in [4.78, 5) is 15.7. The maximum Gasteiger partial charge on any atom is 0.343 e. The van der Waals surface area contributed by atoms with Crippen molar-refractivity contribution in [3.63, 3.8) is 0 Å². The zero-order valence-electron chi connectivity index (χ0n) is 19.0. The van der Waals surface area contributed by atoms with E-state index in [4.69, 9.17) is 4.74 Å². The number of benzene rings is 1. The molecule has 2 saturated carbocycles. The fourth-order valence-corrected chi connectivity index (χ4v) is 5.91. The molecule has 4 nitrogen and oxygen atoms in total. The molecule has 3 aliphatic rings. The van der Waals surface area contributed by atoms with Crippen LogP contribution in [0.3, 0.4) is 0 Å². The van der Waals surface area contributed by atoms with E-state index < -0.39 is 30.0 Å². The van der Waals surface area contributed by atoms with Crippen molar-refractivity contribution in [2.24, 2.45) is 11.8 Å². The van der Waals surface area contributed by atoms with Crippen molar-refractivity contribution in [3.8, 4) is 0 Å². The molecule has 2 unspecified atom stereocenters. The number of hydrogen-bond acceptors (Lipinski definition) is 4. The summed E-state index contributed by atoms with van der Waals surface area (Å²) in [7, 11) is 0. The quantitative estimate of drug-likeness (QED) is 0.474. The highest BCUT2D eigenvalue weighted by molar-refractivity contribution is 5.81. The lowest BCUT2D eigenvalue weighted by atomic mass is 9.75. The number of rotatable bonds is 6. The Hall–Kier alpha value is -1.53. The van der Waals surface area contributed by atoms with E-state index in [0.717, 1.165) is 25.6 Å². The average Bonchev–Trinajstić information content (AvgIpc) is 2.97. The summed E-state index contributed by atoms with van der Waals surface area (Å²) < 4.78 is 32.7. The number of piperidine rings is 1. The van der Waals surface area contributed by atoms with Crippen molar-refractivity contribution >= 4 is 5.97 Å². The number of aliphatic hydroxyl groups is 1. The Bertz CT molecular complexity index is 743. The molecule has 1 saturated heterocycles. The van der Waals surface area contributed by atoms with Crippen LogP contribution in [0.15, 0.2) is 30.3 Å². The second-order valence-corrected chi connectivity index (χ2v) is 10.2. The van der Waals surface area contributed by atoms with E-state index in [-0.39, 0.29) is 18.8 Å². The Labute approximate surface area is 190 Å². The van der Waals surface area contributed by atoms with Crippen molar-refractivity contribution < 1.29 is 23.4 Å². The van der Waals surface area contributed by atoms with Gasteiger partial charge in [0.05, 0.1) is 0 Å². The van der Waals surface area contributed by atoms with Gasteiger partial charge in [-0.25, -0.2) is 13.6 Å². The summed E-state index contributed by atoms with van der Waals surface area (Å²) in [5.41, 5.74) is -1.30. The van der Waals surface area contributed by atoms with Crippen molar-refractivity contribution in [2.45, 2.75) is 88.3 Å². The van der Waals surface area contributed by atoms with Crippen LogP contribution in [-0.4, -0.2) is 47.6 Å². The van der Waals surface area contributed by atoms with Gasteiger partial charge < -0.3 is 14.7 Å². The molecule has 1 heterocycles. The van der Waals surface area contributed by atoms with Crippen LogP contribution in [0.2, 0.25) is 0 Å². The monoisotopic (exact) mass is 449 g/mol. The highest BCUT2D eigenvalue weighted by Gasteiger charge is 2.50. The van der Waals surface area contributed by atoms with Crippen molar-refractivity contribution in [3.05, 3.63) is 35.9 Å². The van der Waals surface area contributed by atoms with Gasteiger partial charge in [0.15, 0.2) is 5.60 Å². The first-order valence-corrected chi connectivity index (χ1v) is 12.5. The molecule has 2 aliphatic carbocycles. The van der Waals surface area contributed by atoms with Crippen molar-refractivity contribution in [2.75, 3.05) is 19.6 Å². The van der Waals surface area contributed by atoms with E-state index in [1.807, 2.05) is 6.07 Å². The lowest BCUT2D eigenvalue weighted by Crippen LogP contribution is -2.50. The van der Waals surface area contributed by atoms with E-state index in [2.05, 4.69) is 4.90 Å². The van der Waals surface area contributed by atoms with Crippen LogP contribution < -0.4 is 0 Å². The third-order valence-corrected chi connectivity index (χ3v) is 7.83. The Morgan fingerprint density at radius 3 is 2.28 bits per heavy atom. The number of esters is 1. The highest BCUT2D eigenvalue weighted by Crippen LogP contribution is 2.41. The number of nitrogens with zero attached hydrogens (tertiary/aromatic N) is 1. The van der Waals surface area contributed by atoms with Gasteiger partial charge in [0.25, 0.3) is 5.92 Å². The third-order valence-electron chi connectivity index (χ3n) is 7.83. The number of likely N-dealkylation sites (tertiary alicyclic amines) is 1. The molecule has 0 amide bonds. The minimum absolute atomic E-state index is 0.142. The van der Waals surface area contributed by atoms with Crippen molar-refractivity contribution in [1.82, 2.24) is 4.90 Å². The molecule has 6 heteroatoms. The van der Waals surface area contributed by atoms with Crippen LogP contribution in [0, 0.1) is 11.8 Å². The lowest BCUT2D eigenvalue weighted by Gasteiger charge is -2.41. The summed E-state index contributed by atoms with van der Waals surface area (Å²) in [6.45, 7) is 2.77. The Morgan fingerprint density at radius 2 is 1.69 bits per heavy atom. The molecule has 3 fully saturated rings. The number of carbonyl (C=O) groups excluding carboxylic acids is 1. The minimum Gasteiger partial charge on any atom is -0.460 e. The third kappa shape index (κ3) is 5.51. The highest BCUT2D eigenvalue weighted by atomic mass is 19.3. The van der Waals surface area contributed by atoms with Gasteiger partial charge in [-0.1, -0.05) is 56.0 Å². The first-order valence-electron chi connectivity index (χ1n) is 12.5. The number of alkyl halides is 2. The second-order valence-electron chi connectivity index (χ2n) is 10.2. The summed E-state index contributed by atoms with van der Waals surface area (Å²) in [6, 6.07) is 8.89. The van der Waals surface area contributed by atoms with E-state index in [0.29, 0.717) is 18.4 Å². The zero-order chi connectivity index (χ0) is 22.6. The molecular weight excluding hydrogens is 412 g/mol. The first-order chi connectivity index (χ1) is 15.4. The predicted octanol–water partition coefficient (Wildman–Crippen LogP) is 5.29. The zero-order valence-corrected chi connectivity index (χ0v) is 19.0. The molecule has 1 N–H and O–H groups in total. The smallest absolute Gasteiger partial charge is 0.343 e. The maximum atomic E-state index is 13.6. The first kappa shape index (κ1) is 23.6. The van der Waals surface area contributed by atoms with Gasteiger partial charge in [-0.15, -0.1) is 0 Å². The largest absolute Gasteiger partial charge is 0.460 e. The van der Waals surface area contributed by atoms with Gasteiger partial charge in [-0.2, -0.15) is 0 Å². The maximum absolute atomic E-state index is 13.6. The Morgan fingerprint density at radius 1 is 1.03 bits per heavy atom. The topological polar surface area (TPSA) is 49.8 Å². The normalized spacial score (nSPS) is 27.5. The number of hydrogen-bond donors (Lipinski definition) is 1. The molecule has 4 rings (SSSR count). The van der Waals surface area contributed by atoms with Crippen molar-refractivity contribution in [1.29, 1.82) is 0 Å². The molecule has 1 aromatic rings. The summed E-state index contributed by atoms with van der Waals surface area (Å²) in [5.74, 6) is -3.10. The van der Waals surface area contributed by atoms with Crippen LogP contribution in [0.4, 0.5) is 8.78 Å². The Balaban J connectivity index is 1.42. The van der Waals surface area contributed by atoms with Crippen LogP contribution in [0.25, 0.3) is 0 Å². The molecule has 0 radical (unpaired) electrons. The van der Waals surface area contributed by atoms with Gasteiger partial charge in [-0.05, 0) is 56.7 Å². The standard InChI is InChI=1S/C26H37F2NO3/c27-25(28)15-12-23(18-25)32-24(30)26(31,21-10-6-3-7-11-21)22-13-16-29(17-14-22)19-20-8-4-1-2-5-9-20/h3,6-7,10-11,20,22-23,31H,1-2,4-5,8-9,12-19H2. The molecule has 0 bridgehead atoms. The van der Waals surface area contributed by atoms with Crippen LogP contribution >= 0.6 is 0 Å². The molecule has 32 heavy (non-hydrogen) atoms. The predicted molar refractivity (Wildman–Crippen MR) is 119 cm³/mol. The van der Waals surface area contributed by atoms with Crippen LogP contribution in [0.1, 0.15) is 76.2 Å². The summed E-state index contributed by atoms with van der Waals surface area (Å²) in [5, 5.41) is 11.7. The molecule has 0 aromatic heterocycles. The van der Waals surface area contributed by atoms with E-state index >= 15 is 0 Å². The molecule has 178 valence electrons. The molecule has 1 aromatic carbocycles. The number of halogens is 2. The minimum atomic E-state index is -2.79. The fraction of sp³-hybridized carbons (Fsp3) is 0.731. The van der Waals surface area contributed by atoms with E-state index in [9.17, 15) is 18.7 Å². The molecule has 1 aliphatic heterocycles. The van der Waals surface area contributed by atoms with Gasteiger partial charge in [0.2, 0.25) is 0 Å². The van der Waals surface area contributed by atoms with E-state index in [1.54, 1.807) is 24.3 Å². The van der Waals surface area contributed by atoms with Gasteiger partial charge in [0, 0.05) is 25.3 Å². The molecule has 0 spiro atoms. The van der Waals surface area contributed by atoms with Gasteiger partial charge in [0.1, 0.15) is 6.10 Å². The van der Waals surface area contributed by atoms with Gasteiger partial charge in [-0.3, -0.25) is 0 Å². The SMILES string of the molecule is O=C(OC1CCC(F)(F)C1)C(O)(c1ccccc1)C1CCN(CC2CCCCCC2)CC1. The number of carbonyl (C=O) groups is 1. The Kier molecular flexibility index (Phi) is 7.51. The van der Waals surface area contributed by atoms with Gasteiger partial charge >= 0.3 is 5.97 Å². The molecule has 2 atom stereocenters. The average molecular weight is 450 g/mol. The summed E-state index contributed by atoms with van der Waals surface area (Å²) >= 11 is 0.